The van der Waals surface area contributed by atoms with Crippen molar-refractivity contribution in [3.05, 3.63) is 65.2 Å². The monoisotopic (exact) mass is 383 g/mol. The lowest BCUT2D eigenvalue weighted by molar-refractivity contribution is 0.0118. The smallest absolute Gasteiger partial charge is 0.407 e. The lowest BCUT2D eigenvalue weighted by Crippen LogP contribution is -2.48. The fraction of sp³-hybridized carbons (Fsp3) is 0.364. The quantitative estimate of drug-likeness (QED) is 0.741. The maximum Gasteiger partial charge on any atom is 0.407 e. The van der Waals surface area contributed by atoms with E-state index in [1.165, 1.54) is 6.07 Å². The molecule has 0 aromatic heterocycles. The van der Waals surface area contributed by atoms with Gasteiger partial charge in [-0.1, -0.05) is 56.3 Å². The Kier molecular flexibility index (Phi) is 6.19. The summed E-state index contributed by atoms with van der Waals surface area (Å²) in [6.07, 6.45) is -0.0148. The summed E-state index contributed by atoms with van der Waals surface area (Å²) in [6.45, 7) is 4.24. The number of hydrogen-bond donors (Lipinski definition) is 2. The molecule has 1 aliphatic heterocycles. The minimum Gasteiger partial charge on any atom is -0.507 e. The van der Waals surface area contributed by atoms with Crippen molar-refractivity contribution >= 4 is 12.1 Å². The molecule has 1 heterocycles. The van der Waals surface area contributed by atoms with Gasteiger partial charge in [0.15, 0.2) is 0 Å². The van der Waals surface area contributed by atoms with Crippen molar-refractivity contribution in [1.82, 2.24) is 5.32 Å². The van der Waals surface area contributed by atoms with Gasteiger partial charge in [0.2, 0.25) is 0 Å². The Morgan fingerprint density at radius 3 is 2.68 bits per heavy atom. The summed E-state index contributed by atoms with van der Waals surface area (Å²) in [6, 6.07) is 14.0. The van der Waals surface area contributed by atoms with Crippen LogP contribution in [0.4, 0.5) is 4.79 Å². The zero-order chi connectivity index (χ0) is 20.1. The number of ether oxygens (including phenoxy) is 2. The molecule has 2 atom stereocenters. The van der Waals surface area contributed by atoms with E-state index < -0.39 is 18.2 Å². The van der Waals surface area contributed by atoms with E-state index in [4.69, 9.17) is 9.47 Å². The van der Waals surface area contributed by atoms with E-state index in [1.807, 2.05) is 44.2 Å². The van der Waals surface area contributed by atoms with Crippen molar-refractivity contribution in [2.45, 2.75) is 45.4 Å². The van der Waals surface area contributed by atoms with Gasteiger partial charge in [-0.2, -0.15) is 0 Å². The number of nitrogens with one attached hydrogen (secondary N) is 1. The fourth-order valence-corrected chi connectivity index (χ4v) is 3.40. The molecule has 28 heavy (non-hydrogen) atoms. The number of phenolic OH excluding ortho intramolecular Hbond substituents is 1. The van der Waals surface area contributed by atoms with Crippen molar-refractivity contribution in [3.63, 3.8) is 0 Å². The minimum absolute atomic E-state index is 0.0865. The van der Waals surface area contributed by atoms with Crippen LogP contribution in [0.5, 0.6) is 5.75 Å². The van der Waals surface area contributed by atoms with Crippen LogP contribution in [-0.2, 0) is 22.5 Å². The molecule has 2 aromatic carbocycles. The van der Waals surface area contributed by atoms with Gasteiger partial charge in [0, 0.05) is 6.42 Å². The van der Waals surface area contributed by atoms with E-state index in [0.29, 0.717) is 12.8 Å². The second-order valence-corrected chi connectivity index (χ2v) is 7.40. The number of phenols is 1. The molecule has 0 saturated carbocycles. The van der Waals surface area contributed by atoms with Gasteiger partial charge >= 0.3 is 12.1 Å². The topological polar surface area (TPSA) is 84.9 Å². The van der Waals surface area contributed by atoms with Crippen LogP contribution in [0, 0.1) is 5.92 Å². The van der Waals surface area contributed by atoms with Crippen LogP contribution in [-0.4, -0.2) is 29.3 Å². The molecular weight excluding hydrogens is 358 g/mol. The molecule has 0 saturated heterocycles. The van der Waals surface area contributed by atoms with E-state index in [9.17, 15) is 14.7 Å². The number of amides is 1. The molecule has 1 aliphatic rings. The number of fused-ring (bicyclic) bond motifs is 1. The Balaban J connectivity index is 1.68. The lowest BCUT2D eigenvalue weighted by Gasteiger charge is -2.32. The van der Waals surface area contributed by atoms with Crippen molar-refractivity contribution in [3.8, 4) is 5.75 Å². The second kappa shape index (κ2) is 8.78. The van der Waals surface area contributed by atoms with Crippen molar-refractivity contribution < 1.29 is 24.2 Å². The summed E-state index contributed by atoms with van der Waals surface area (Å²) in [4.78, 5) is 24.7. The molecule has 3 rings (SSSR count). The van der Waals surface area contributed by atoms with Crippen LogP contribution in [0.25, 0.3) is 0 Å². The number of alkyl carbamates (subject to hydrolysis) is 1. The van der Waals surface area contributed by atoms with Crippen molar-refractivity contribution in [2.24, 2.45) is 5.92 Å². The molecule has 0 unspecified atom stereocenters. The Bertz CT molecular complexity index is 834. The van der Waals surface area contributed by atoms with Gasteiger partial charge in [-0.25, -0.2) is 9.59 Å². The molecule has 6 nitrogen and oxygen atoms in total. The molecule has 148 valence electrons. The maximum atomic E-state index is 12.4. The molecule has 0 fully saturated rings. The van der Waals surface area contributed by atoms with E-state index in [1.54, 1.807) is 12.1 Å². The van der Waals surface area contributed by atoms with Crippen molar-refractivity contribution in [1.29, 1.82) is 0 Å². The van der Waals surface area contributed by atoms with E-state index in [2.05, 4.69) is 5.32 Å². The lowest BCUT2D eigenvalue weighted by atomic mass is 9.90. The molecule has 0 spiro atoms. The third kappa shape index (κ3) is 4.82. The largest absolute Gasteiger partial charge is 0.507 e. The molecule has 2 aromatic rings. The normalized spacial score (nSPS) is 16.8. The van der Waals surface area contributed by atoms with Crippen LogP contribution in [0.15, 0.2) is 48.5 Å². The van der Waals surface area contributed by atoms with E-state index in [0.717, 1.165) is 11.1 Å². The number of esters is 1. The summed E-state index contributed by atoms with van der Waals surface area (Å²) in [7, 11) is 0. The third-order valence-electron chi connectivity index (χ3n) is 4.70. The summed E-state index contributed by atoms with van der Waals surface area (Å²) < 4.78 is 10.9. The van der Waals surface area contributed by atoms with E-state index in [-0.39, 0.29) is 29.9 Å². The van der Waals surface area contributed by atoms with Crippen LogP contribution in [0.1, 0.15) is 41.8 Å². The highest BCUT2D eigenvalue weighted by molar-refractivity contribution is 5.95. The minimum atomic E-state index is -0.572. The predicted molar refractivity (Wildman–Crippen MR) is 104 cm³/mol. The molecule has 6 heteroatoms. The average molecular weight is 383 g/mol. The number of carbonyl (C=O) groups is 2. The predicted octanol–water partition coefficient (Wildman–Crippen LogP) is 3.81. The van der Waals surface area contributed by atoms with Gasteiger partial charge in [-0.15, -0.1) is 0 Å². The average Bonchev–Trinajstić information content (AvgIpc) is 2.66. The van der Waals surface area contributed by atoms with Gasteiger partial charge < -0.3 is 19.9 Å². The summed E-state index contributed by atoms with van der Waals surface area (Å²) in [5, 5.41) is 12.8. The molecule has 2 N–H and O–H groups in total. The van der Waals surface area contributed by atoms with Gasteiger partial charge in [-0.3, -0.25) is 0 Å². The first kappa shape index (κ1) is 19.7. The fourth-order valence-electron chi connectivity index (χ4n) is 3.40. The van der Waals surface area contributed by atoms with Crippen LogP contribution in [0.3, 0.4) is 0 Å². The first-order valence-corrected chi connectivity index (χ1v) is 9.43. The van der Waals surface area contributed by atoms with Crippen LogP contribution in [0.2, 0.25) is 0 Å². The summed E-state index contributed by atoms with van der Waals surface area (Å²) in [5.41, 5.74) is 1.81. The summed E-state index contributed by atoms with van der Waals surface area (Å²) in [5.74, 6) is -0.377. The van der Waals surface area contributed by atoms with Crippen molar-refractivity contribution in [2.75, 3.05) is 0 Å². The number of hydrogen-bond acceptors (Lipinski definition) is 5. The molecular formula is C22H25NO5. The first-order chi connectivity index (χ1) is 13.4. The van der Waals surface area contributed by atoms with Gasteiger partial charge in [0.05, 0.1) is 6.04 Å². The molecule has 1 amide bonds. The highest BCUT2D eigenvalue weighted by Gasteiger charge is 2.35. The zero-order valence-electron chi connectivity index (χ0n) is 16.1. The number of rotatable bonds is 6. The Labute approximate surface area is 164 Å². The SMILES string of the molecule is CC(C)C[C@H](NC(=O)OCc1ccccc1)[C@@H]1Cc2cccc(O)c2C(=O)O1. The number of cyclic esters (lactones) is 1. The Hall–Kier alpha value is -3.02. The van der Waals surface area contributed by atoms with Gasteiger partial charge in [0.1, 0.15) is 24.0 Å². The highest BCUT2D eigenvalue weighted by Crippen LogP contribution is 2.30. The molecule has 0 aliphatic carbocycles. The third-order valence-corrected chi connectivity index (χ3v) is 4.70. The first-order valence-electron chi connectivity index (χ1n) is 9.43. The highest BCUT2D eigenvalue weighted by atomic mass is 16.6. The Morgan fingerprint density at radius 2 is 1.96 bits per heavy atom. The zero-order valence-corrected chi connectivity index (χ0v) is 16.1. The van der Waals surface area contributed by atoms with Crippen LogP contribution >= 0.6 is 0 Å². The standard InChI is InChI=1S/C22H25NO5/c1-14(2)11-17(23-22(26)27-13-15-7-4-3-5-8-15)19-12-16-9-6-10-18(24)20(16)21(25)28-19/h3-10,14,17,19,24H,11-13H2,1-2H3,(H,23,26)/t17-,19-/m0/s1. The number of benzene rings is 2. The van der Waals surface area contributed by atoms with Gasteiger partial charge in [0.25, 0.3) is 0 Å². The van der Waals surface area contributed by atoms with Gasteiger partial charge in [-0.05, 0) is 29.5 Å². The van der Waals surface area contributed by atoms with Crippen LogP contribution < -0.4 is 5.32 Å². The Morgan fingerprint density at radius 1 is 1.21 bits per heavy atom. The van der Waals surface area contributed by atoms with E-state index >= 15 is 0 Å². The number of carbonyl (C=O) groups excluding carboxylic acids is 2. The number of aromatic hydroxyl groups is 1. The second-order valence-electron chi connectivity index (χ2n) is 7.40. The maximum absolute atomic E-state index is 12.4. The molecule has 0 radical (unpaired) electrons. The molecule has 0 bridgehead atoms. The summed E-state index contributed by atoms with van der Waals surface area (Å²) >= 11 is 0.